The van der Waals surface area contributed by atoms with E-state index in [9.17, 15) is 13.6 Å². The van der Waals surface area contributed by atoms with Gasteiger partial charge in [-0.2, -0.15) is 0 Å². The van der Waals surface area contributed by atoms with Crippen LogP contribution in [0.3, 0.4) is 0 Å². The molecule has 14 heavy (non-hydrogen) atoms. The molecule has 0 unspecified atom stereocenters. The van der Waals surface area contributed by atoms with E-state index < -0.39 is 17.4 Å². The quantitative estimate of drug-likeness (QED) is 0.473. The zero-order chi connectivity index (χ0) is 10.9. The first-order valence-electron chi connectivity index (χ1n) is 3.58. The number of nitrogens with zero attached hydrogens (tertiary/aromatic N) is 1. The molecule has 0 N–H and O–H groups in total. The van der Waals surface area contributed by atoms with E-state index in [1.165, 1.54) is 6.07 Å². The number of halogens is 4. The molecule has 6 heteroatoms. The highest BCUT2D eigenvalue weighted by Gasteiger charge is 2.20. The third-order valence-corrected chi connectivity index (χ3v) is 2.89. The van der Waals surface area contributed by atoms with Crippen LogP contribution in [0.25, 0.3) is 0 Å². The van der Waals surface area contributed by atoms with E-state index >= 15 is 0 Å². The summed E-state index contributed by atoms with van der Waals surface area (Å²) < 4.78 is 25.3. The number of aromatic nitrogens is 1. The summed E-state index contributed by atoms with van der Waals surface area (Å²) in [5.74, 6) is 0. The van der Waals surface area contributed by atoms with Crippen LogP contribution < -0.4 is 0 Å². The number of carbonyl (C=O) groups excluding carboxylic acids is 1. The maximum atomic E-state index is 12.4. The summed E-state index contributed by atoms with van der Waals surface area (Å²) in [4.78, 5) is 14.4. The maximum Gasteiger partial charge on any atom is 0.281 e. The highest BCUT2D eigenvalue weighted by Crippen LogP contribution is 2.24. The van der Waals surface area contributed by atoms with E-state index in [4.69, 9.17) is 11.6 Å². The van der Waals surface area contributed by atoms with Gasteiger partial charge in [-0.1, -0.05) is 0 Å². The number of carbonyl (C=O) groups is 1. The Hall–Kier alpha value is -0.300. The van der Waals surface area contributed by atoms with Crippen LogP contribution in [0, 0.1) is 10.6 Å². The zero-order valence-corrected chi connectivity index (χ0v) is 9.94. The van der Waals surface area contributed by atoms with Gasteiger partial charge in [0.05, 0.1) is 5.56 Å². The summed E-state index contributed by atoms with van der Waals surface area (Å²) in [6.07, 6.45) is -2.79. The van der Waals surface area contributed by atoms with Crippen molar-refractivity contribution in [2.75, 3.05) is 0 Å². The summed E-state index contributed by atoms with van der Waals surface area (Å²) in [6.45, 7) is 1.67. The van der Waals surface area contributed by atoms with E-state index in [2.05, 4.69) is 4.98 Å². The Kier molecular flexibility index (Phi) is 3.77. The Morgan fingerprint density at radius 1 is 1.64 bits per heavy atom. The molecule has 0 saturated heterocycles. The smallest absolute Gasteiger partial charge is 0.276 e. The Morgan fingerprint density at radius 3 is 2.64 bits per heavy atom. The van der Waals surface area contributed by atoms with Gasteiger partial charge in [-0.15, -0.1) is 0 Å². The van der Waals surface area contributed by atoms with Crippen LogP contribution in [-0.4, -0.2) is 10.2 Å². The van der Waals surface area contributed by atoms with Crippen molar-refractivity contribution >= 4 is 39.4 Å². The molecular formula is C8H5ClF2INO. The Morgan fingerprint density at radius 2 is 2.21 bits per heavy atom. The fourth-order valence-corrected chi connectivity index (χ4v) is 1.49. The first-order valence-corrected chi connectivity index (χ1v) is 5.04. The lowest BCUT2D eigenvalue weighted by Crippen LogP contribution is -2.04. The van der Waals surface area contributed by atoms with Gasteiger partial charge in [-0.3, -0.25) is 4.79 Å². The second-order valence-corrected chi connectivity index (χ2v) is 3.97. The van der Waals surface area contributed by atoms with Crippen LogP contribution in [0.1, 0.15) is 28.0 Å². The zero-order valence-electron chi connectivity index (χ0n) is 7.02. The first kappa shape index (κ1) is 11.8. The summed E-state index contributed by atoms with van der Waals surface area (Å²) in [5, 5.41) is -0.910. The summed E-state index contributed by atoms with van der Waals surface area (Å²) in [7, 11) is 0. The van der Waals surface area contributed by atoms with Crippen molar-refractivity contribution in [2.24, 2.45) is 0 Å². The van der Waals surface area contributed by atoms with Crippen molar-refractivity contribution in [3.8, 4) is 0 Å². The largest absolute Gasteiger partial charge is 0.281 e. The van der Waals surface area contributed by atoms with Crippen molar-refractivity contribution < 1.29 is 13.6 Å². The molecule has 0 amide bonds. The lowest BCUT2D eigenvalue weighted by Gasteiger charge is -2.06. The highest BCUT2D eigenvalue weighted by molar-refractivity contribution is 14.1. The van der Waals surface area contributed by atoms with Crippen LogP contribution in [-0.2, 0) is 0 Å². The van der Waals surface area contributed by atoms with Crippen molar-refractivity contribution in [1.82, 2.24) is 4.98 Å². The van der Waals surface area contributed by atoms with Gasteiger partial charge in [0.2, 0.25) is 0 Å². The van der Waals surface area contributed by atoms with Gasteiger partial charge in [0.1, 0.15) is 9.39 Å². The fraction of sp³-hybridized carbons (Fsp3) is 0.250. The fourth-order valence-electron chi connectivity index (χ4n) is 0.928. The lowest BCUT2D eigenvalue weighted by atomic mass is 10.1. The Bertz CT molecular complexity index is 384. The normalized spacial score (nSPS) is 10.7. The average Bonchev–Trinajstić information content (AvgIpc) is 2.08. The predicted octanol–water partition coefficient (Wildman–Crippen LogP) is 3.31. The number of hydrogen-bond donors (Lipinski definition) is 0. The van der Waals surface area contributed by atoms with E-state index in [0.717, 1.165) is 0 Å². The molecule has 1 rings (SSSR count). The maximum absolute atomic E-state index is 12.4. The summed E-state index contributed by atoms with van der Waals surface area (Å²) in [6, 6.07) is 1.32. The van der Waals surface area contributed by atoms with Gasteiger partial charge >= 0.3 is 0 Å². The van der Waals surface area contributed by atoms with E-state index in [0.29, 0.717) is 9.26 Å². The standard InChI is InChI=1S/C8H5ClF2INO/c1-3-2-4(6(9)14)5(7(10)11)13-8(3)12/h2,7H,1H3. The van der Waals surface area contributed by atoms with Gasteiger partial charge in [-0.05, 0) is 52.7 Å². The lowest BCUT2D eigenvalue weighted by molar-refractivity contribution is 0.106. The molecule has 0 aliphatic carbocycles. The molecule has 1 heterocycles. The molecule has 0 atom stereocenters. The molecule has 1 aromatic heterocycles. The second-order valence-electron chi connectivity index (χ2n) is 2.60. The van der Waals surface area contributed by atoms with Crippen molar-refractivity contribution in [3.63, 3.8) is 0 Å². The third kappa shape index (κ3) is 2.38. The molecule has 0 aliphatic rings. The number of rotatable bonds is 2. The molecule has 0 radical (unpaired) electrons. The third-order valence-electron chi connectivity index (χ3n) is 1.60. The van der Waals surface area contributed by atoms with Crippen molar-refractivity contribution in [1.29, 1.82) is 0 Å². The van der Waals surface area contributed by atoms with Gasteiger partial charge in [0, 0.05) is 0 Å². The number of hydrogen-bond acceptors (Lipinski definition) is 2. The average molecular weight is 331 g/mol. The minimum absolute atomic E-state index is 0.223. The molecular weight excluding hydrogens is 326 g/mol. The van der Waals surface area contributed by atoms with Crippen LogP contribution in [0.4, 0.5) is 8.78 Å². The summed E-state index contributed by atoms with van der Waals surface area (Å²) in [5.41, 5.74) is -0.126. The van der Waals surface area contributed by atoms with Crippen LogP contribution >= 0.6 is 34.2 Å². The summed E-state index contributed by atoms with van der Waals surface area (Å²) >= 11 is 6.99. The molecule has 0 aliphatic heterocycles. The van der Waals surface area contributed by atoms with Gasteiger partial charge in [0.15, 0.2) is 0 Å². The van der Waals surface area contributed by atoms with Crippen LogP contribution in [0.15, 0.2) is 6.07 Å². The minimum Gasteiger partial charge on any atom is -0.276 e. The number of pyridine rings is 1. The molecule has 0 aromatic carbocycles. The minimum atomic E-state index is -2.79. The molecule has 0 spiro atoms. The van der Waals surface area contributed by atoms with Gasteiger partial charge in [0.25, 0.3) is 11.7 Å². The number of alkyl halides is 2. The molecule has 0 fully saturated rings. The van der Waals surface area contributed by atoms with Gasteiger partial charge in [-0.25, -0.2) is 13.8 Å². The van der Waals surface area contributed by atoms with Crippen LogP contribution in [0.2, 0.25) is 0 Å². The molecule has 76 valence electrons. The first-order chi connectivity index (χ1) is 6.43. The van der Waals surface area contributed by atoms with E-state index in [1.807, 2.05) is 22.6 Å². The van der Waals surface area contributed by atoms with E-state index in [-0.39, 0.29) is 5.56 Å². The molecule has 2 nitrogen and oxygen atoms in total. The Balaban J connectivity index is 3.39. The second kappa shape index (κ2) is 4.48. The monoisotopic (exact) mass is 331 g/mol. The van der Waals surface area contributed by atoms with Gasteiger partial charge < -0.3 is 0 Å². The van der Waals surface area contributed by atoms with Crippen molar-refractivity contribution in [3.05, 3.63) is 26.6 Å². The number of aryl methyl sites for hydroxylation is 1. The van der Waals surface area contributed by atoms with Crippen LogP contribution in [0.5, 0.6) is 0 Å². The molecule has 0 bridgehead atoms. The highest BCUT2D eigenvalue weighted by atomic mass is 127. The predicted molar refractivity (Wildman–Crippen MR) is 56.8 cm³/mol. The SMILES string of the molecule is Cc1cc(C(=O)Cl)c(C(F)F)nc1I. The molecule has 1 aromatic rings. The molecule has 0 saturated carbocycles. The van der Waals surface area contributed by atoms with E-state index in [1.54, 1.807) is 6.92 Å². The topological polar surface area (TPSA) is 30.0 Å². The van der Waals surface area contributed by atoms with Crippen molar-refractivity contribution in [2.45, 2.75) is 13.3 Å². The Labute approximate surface area is 97.8 Å².